The summed E-state index contributed by atoms with van der Waals surface area (Å²) in [7, 11) is 0. The minimum Gasteiger partial charge on any atom is -0.364 e. The smallest absolute Gasteiger partial charge is 0.149 e. The zero-order valence-electron chi connectivity index (χ0n) is 12.6. The van der Waals surface area contributed by atoms with Gasteiger partial charge in [0.25, 0.3) is 0 Å². The van der Waals surface area contributed by atoms with Crippen LogP contribution in [-0.4, -0.2) is 18.6 Å². The van der Waals surface area contributed by atoms with Crippen LogP contribution in [0.4, 0.5) is 14.5 Å². The van der Waals surface area contributed by atoms with E-state index in [9.17, 15) is 8.78 Å². The maximum atomic E-state index is 14.5. The number of nitrogens with zero attached hydrogens (tertiary/aromatic N) is 1. The highest BCUT2D eigenvalue weighted by Gasteiger charge is 2.36. The molecular weight excluding hydrogens is 270 g/mol. The lowest BCUT2D eigenvalue weighted by Gasteiger charge is -2.26. The second-order valence-electron chi connectivity index (χ2n) is 6.61. The number of hydrogen-bond donors (Lipinski definition) is 1. The molecule has 4 heteroatoms. The van der Waals surface area contributed by atoms with Crippen molar-refractivity contribution in [1.82, 2.24) is 0 Å². The van der Waals surface area contributed by atoms with Gasteiger partial charge >= 0.3 is 0 Å². The van der Waals surface area contributed by atoms with E-state index in [0.29, 0.717) is 23.9 Å². The molecule has 3 rings (SSSR count). The molecule has 1 atom stereocenters. The first-order valence-electron chi connectivity index (χ1n) is 8.08. The molecule has 1 aromatic carbocycles. The molecule has 21 heavy (non-hydrogen) atoms. The molecule has 1 unspecified atom stereocenters. The van der Waals surface area contributed by atoms with E-state index < -0.39 is 11.6 Å². The summed E-state index contributed by atoms with van der Waals surface area (Å²) in [5.74, 6) is -0.237. The van der Waals surface area contributed by atoms with Crippen molar-refractivity contribution in [3.8, 4) is 0 Å². The first kappa shape index (κ1) is 14.8. The monoisotopic (exact) mass is 294 g/mol. The summed E-state index contributed by atoms with van der Waals surface area (Å²) >= 11 is 0. The highest BCUT2D eigenvalue weighted by atomic mass is 19.1. The first-order valence-corrected chi connectivity index (χ1v) is 8.08. The van der Waals surface area contributed by atoms with E-state index in [-0.39, 0.29) is 11.7 Å². The molecule has 2 N–H and O–H groups in total. The van der Waals surface area contributed by atoms with Crippen LogP contribution in [-0.2, 0) is 6.42 Å². The minimum atomic E-state index is -0.430. The molecule has 0 aliphatic heterocycles. The van der Waals surface area contributed by atoms with Crippen LogP contribution in [0.3, 0.4) is 0 Å². The van der Waals surface area contributed by atoms with Crippen LogP contribution >= 0.6 is 0 Å². The van der Waals surface area contributed by atoms with E-state index in [1.165, 1.54) is 25.0 Å². The van der Waals surface area contributed by atoms with Gasteiger partial charge in [-0.25, -0.2) is 8.78 Å². The Balaban J connectivity index is 1.83. The molecule has 0 spiro atoms. The molecule has 0 amide bonds. The lowest BCUT2D eigenvalue weighted by atomic mass is 10.0. The second-order valence-corrected chi connectivity index (χ2v) is 6.61. The molecule has 2 nitrogen and oxygen atoms in total. The van der Waals surface area contributed by atoms with Crippen LogP contribution in [0.2, 0.25) is 0 Å². The fraction of sp³-hybridized carbons (Fsp3) is 0.647. The van der Waals surface area contributed by atoms with E-state index in [0.717, 1.165) is 25.8 Å². The Labute approximate surface area is 125 Å². The van der Waals surface area contributed by atoms with Crippen molar-refractivity contribution < 1.29 is 8.78 Å². The summed E-state index contributed by atoms with van der Waals surface area (Å²) < 4.78 is 28.9. The number of anilines is 1. The number of rotatable bonds is 7. The normalized spacial score (nSPS) is 19.6. The average Bonchev–Trinajstić information content (AvgIpc) is 3.29. The van der Waals surface area contributed by atoms with E-state index in [1.807, 2.05) is 11.8 Å². The largest absolute Gasteiger partial charge is 0.364 e. The van der Waals surface area contributed by atoms with E-state index >= 15 is 0 Å². The first-order chi connectivity index (χ1) is 10.1. The van der Waals surface area contributed by atoms with Gasteiger partial charge in [-0.15, -0.1) is 0 Å². The highest BCUT2D eigenvalue weighted by molar-refractivity contribution is 5.53. The summed E-state index contributed by atoms with van der Waals surface area (Å²) in [5, 5.41) is 0. The van der Waals surface area contributed by atoms with Crippen LogP contribution in [0.15, 0.2) is 12.1 Å². The lowest BCUT2D eigenvalue weighted by molar-refractivity contribution is 0.556. The van der Waals surface area contributed by atoms with Gasteiger partial charge in [0.1, 0.15) is 17.3 Å². The predicted molar refractivity (Wildman–Crippen MR) is 81.4 cm³/mol. The van der Waals surface area contributed by atoms with E-state index in [4.69, 9.17) is 5.73 Å². The summed E-state index contributed by atoms with van der Waals surface area (Å²) in [5.41, 5.74) is 6.72. The Morgan fingerprint density at radius 2 is 1.81 bits per heavy atom. The Kier molecular flexibility index (Phi) is 4.16. The maximum Gasteiger partial charge on any atom is 0.149 e. The molecule has 0 aromatic heterocycles. The van der Waals surface area contributed by atoms with Crippen molar-refractivity contribution in [2.24, 2.45) is 11.7 Å². The van der Waals surface area contributed by atoms with Crippen LogP contribution < -0.4 is 10.6 Å². The van der Waals surface area contributed by atoms with Gasteiger partial charge in [-0.2, -0.15) is 0 Å². The summed E-state index contributed by atoms with van der Waals surface area (Å²) in [4.78, 5) is 1.96. The van der Waals surface area contributed by atoms with E-state index in [2.05, 4.69) is 0 Å². The Bertz CT molecular complexity index is 487. The molecule has 2 saturated carbocycles. The second kappa shape index (κ2) is 5.91. The summed E-state index contributed by atoms with van der Waals surface area (Å²) in [6, 6.07) is 3.23. The number of hydrogen-bond acceptors (Lipinski definition) is 2. The van der Waals surface area contributed by atoms with Crippen LogP contribution in [0.25, 0.3) is 0 Å². The van der Waals surface area contributed by atoms with Crippen LogP contribution in [0.5, 0.6) is 0 Å². The fourth-order valence-corrected chi connectivity index (χ4v) is 2.85. The van der Waals surface area contributed by atoms with Crippen molar-refractivity contribution >= 4 is 5.69 Å². The van der Waals surface area contributed by atoms with Gasteiger partial charge in [-0.1, -0.05) is 6.92 Å². The van der Waals surface area contributed by atoms with Crippen molar-refractivity contribution in [1.29, 1.82) is 0 Å². The van der Waals surface area contributed by atoms with Crippen molar-refractivity contribution in [3.05, 3.63) is 29.3 Å². The van der Waals surface area contributed by atoms with Crippen molar-refractivity contribution in [2.75, 3.05) is 11.4 Å². The molecule has 116 valence electrons. The van der Waals surface area contributed by atoms with Gasteiger partial charge in [-0.3, -0.25) is 0 Å². The van der Waals surface area contributed by atoms with Crippen molar-refractivity contribution in [2.45, 2.75) is 57.5 Å². The molecule has 0 saturated heterocycles. The highest BCUT2D eigenvalue weighted by Crippen LogP contribution is 2.39. The number of halogens is 2. The third-order valence-electron chi connectivity index (χ3n) is 4.53. The fourth-order valence-electron chi connectivity index (χ4n) is 2.85. The van der Waals surface area contributed by atoms with Crippen LogP contribution in [0.1, 0.15) is 44.6 Å². The van der Waals surface area contributed by atoms with Gasteiger partial charge in [0.05, 0.1) is 0 Å². The van der Waals surface area contributed by atoms with E-state index in [1.54, 1.807) is 0 Å². The number of nitrogens with two attached hydrogens (primary N) is 1. The zero-order chi connectivity index (χ0) is 15.0. The third kappa shape index (κ3) is 3.54. The predicted octanol–water partition coefficient (Wildman–Crippen LogP) is 3.62. The Hall–Kier alpha value is -1.16. The summed E-state index contributed by atoms with van der Waals surface area (Å²) in [6.45, 7) is 2.78. The number of benzene rings is 1. The van der Waals surface area contributed by atoms with Gasteiger partial charge < -0.3 is 10.6 Å². The molecule has 0 radical (unpaired) electrons. The summed E-state index contributed by atoms with van der Waals surface area (Å²) in [6.07, 6.45) is 5.81. The zero-order valence-corrected chi connectivity index (χ0v) is 12.6. The maximum absolute atomic E-state index is 14.5. The van der Waals surface area contributed by atoms with Crippen molar-refractivity contribution in [3.63, 3.8) is 0 Å². The molecule has 2 aliphatic carbocycles. The molecule has 2 fully saturated rings. The molecule has 1 aromatic rings. The quantitative estimate of drug-likeness (QED) is 0.832. The molecule has 0 heterocycles. The van der Waals surface area contributed by atoms with Gasteiger partial charge in [0, 0.05) is 18.6 Å². The van der Waals surface area contributed by atoms with Crippen LogP contribution in [0, 0.1) is 17.6 Å². The third-order valence-corrected chi connectivity index (χ3v) is 4.53. The molecular formula is C17H24F2N2. The Morgan fingerprint density at radius 3 is 2.29 bits per heavy atom. The van der Waals surface area contributed by atoms with Gasteiger partial charge in [0.15, 0.2) is 0 Å². The van der Waals surface area contributed by atoms with Gasteiger partial charge in [0.2, 0.25) is 0 Å². The topological polar surface area (TPSA) is 29.3 Å². The minimum absolute atomic E-state index is 0.0411. The SMILES string of the molecule is CCC(N)Cc1cc(F)c(N(CC2CC2)C2CC2)c(F)c1. The Morgan fingerprint density at radius 1 is 1.19 bits per heavy atom. The lowest BCUT2D eigenvalue weighted by Crippen LogP contribution is -2.30. The molecule has 2 aliphatic rings. The molecule has 0 bridgehead atoms. The average molecular weight is 294 g/mol. The standard InChI is InChI=1S/C17H24F2N2/c1-2-13(20)7-12-8-15(18)17(16(19)9-12)21(14-5-6-14)10-11-3-4-11/h8-9,11,13-14H,2-7,10,20H2,1H3. The van der Waals surface area contributed by atoms with Gasteiger partial charge in [-0.05, 0) is 62.1 Å².